The van der Waals surface area contributed by atoms with Crippen molar-refractivity contribution < 1.29 is 14.3 Å². The van der Waals surface area contributed by atoms with Crippen molar-refractivity contribution in [1.82, 2.24) is 14.9 Å². The molecule has 2 heterocycles. The molecular formula is C21H21N3O4. The van der Waals surface area contributed by atoms with Gasteiger partial charge in [0.15, 0.2) is 11.5 Å². The Kier molecular flexibility index (Phi) is 4.97. The minimum absolute atomic E-state index is 0.0102. The number of para-hydroxylation sites is 1. The first-order chi connectivity index (χ1) is 13.6. The number of rotatable bonds is 6. The molecule has 0 saturated heterocycles. The molecule has 28 heavy (non-hydrogen) atoms. The van der Waals surface area contributed by atoms with E-state index in [1.807, 2.05) is 31.2 Å². The topological polar surface area (TPSA) is 84.5 Å². The van der Waals surface area contributed by atoms with Crippen LogP contribution >= 0.6 is 0 Å². The number of benzene rings is 2. The van der Waals surface area contributed by atoms with E-state index in [9.17, 15) is 9.59 Å². The second kappa shape index (κ2) is 7.72. The van der Waals surface area contributed by atoms with Crippen molar-refractivity contribution in [3.8, 4) is 11.5 Å². The number of aryl methyl sites for hydroxylation is 1. The van der Waals surface area contributed by atoms with Crippen LogP contribution in [0.5, 0.6) is 11.5 Å². The van der Waals surface area contributed by atoms with Crippen LogP contribution in [0.15, 0.2) is 47.3 Å². The molecule has 0 radical (unpaired) electrons. The highest BCUT2D eigenvalue weighted by atomic mass is 16.7. The maximum absolute atomic E-state index is 12.7. The summed E-state index contributed by atoms with van der Waals surface area (Å²) in [7, 11) is 0. The Morgan fingerprint density at radius 2 is 2.00 bits per heavy atom. The summed E-state index contributed by atoms with van der Waals surface area (Å²) in [5.74, 6) is 1.97. The van der Waals surface area contributed by atoms with Gasteiger partial charge >= 0.3 is 0 Å². The number of nitrogens with zero attached hydrogens (tertiary/aromatic N) is 2. The van der Waals surface area contributed by atoms with Crippen LogP contribution in [0.3, 0.4) is 0 Å². The zero-order chi connectivity index (χ0) is 19.5. The second-order valence-electron chi connectivity index (χ2n) is 6.63. The molecule has 3 aromatic rings. The summed E-state index contributed by atoms with van der Waals surface area (Å²) >= 11 is 0. The molecular weight excluding hydrogens is 358 g/mol. The summed E-state index contributed by atoms with van der Waals surface area (Å²) in [4.78, 5) is 33.8. The zero-order valence-electron chi connectivity index (χ0n) is 15.6. The lowest BCUT2D eigenvalue weighted by Gasteiger charge is -2.21. The summed E-state index contributed by atoms with van der Waals surface area (Å²) in [6.45, 7) is 3.26. The van der Waals surface area contributed by atoms with Gasteiger partial charge in [-0.2, -0.15) is 0 Å². The molecule has 0 fully saturated rings. The van der Waals surface area contributed by atoms with Gasteiger partial charge in [-0.05, 0) is 36.8 Å². The van der Waals surface area contributed by atoms with Gasteiger partial charge in [-0.15, -0.1) is 0 Å². The lowest BCUT2D eigenvalue weighted by molar-refractivity contribution is -0.131. The van der Waals surface area contributed by atoms with Gasteiger partial charge in [0.1, 0.15) is 5.82 Å². The Hall–Kier alpha value is -3.35. The average molecular weight is 379 g/mol. The van der Waals surface area contributed by atoms with Crippen LogP contribution in [-0.2, 0) is 17.8 Å². The standard InChI is InChI=1S/C21H21N3O4/c1-2-24(12-14-7-8-17-18(11-14)28-13-27-17)20(25)10-9-19-22-16-6-4-3-5-15(16)21(26)23-19/h3-8,11H,2,9-10,12-13H2,1H3,(H,22,23,26). The highest BCUT2D eigenvalue weighted by molar-refractivity contribution is 5.78. The van der Waals surface area contributed by atoms with Crippen molar-refractivity contribution >= 4 is 16.8 Å². The van der Waals surface area contributed by atoms with Crippen molar-refractivity contribution in [1.29, 1.82) is 0 Å². The Morgan fingerprint density at radius 3 is 2.86 bits per heavy atom. The minimum Gasteiger partial charge on any atom is -0.454 e. The highest BCUT2D eigenvalue weighted by Gasteiger charge is 2.17. The highest BCUT2D eigenvalue weighted by Crippen LogP contribution is 2.32. The fourth-order valence-electron chi connectivity index (χ4n) is 3.27. The summed E-state index contributed by atoms with van der Waals surface area (Å²) in [5.41, 5.74) is 1.44. The Balaban J connectivity index is 1.42. The van der Waals surface area contributed by atoms with Crippen LogP contribution in [-0.4, -0.2) is 34.1 Å². The number of amides is 1. The monoisotopic (exact) mass is 379 g/mol. The van der Waals surface area contributed by atoms with Gasteiger partial charge in [-0.1, -0.05) is 18.2 Å². The first-order valence-electron chi connectivity index (χ1n) is 9.28. The molecule has 0 spiro atoms. The summed E-state index contributed by atoms with van der Waals surface area (Å²) < 4.78 is 10.7. The van der Waals surface area contributed by atoms with E-state index in [2.05, 4.69) is 9.97 Å². The summed E-state index contributed by atoms with van der Waals surface area (Å²) in [6.07, 6.45) is 0.663. The van der Waals surface area contributed by atoms with E-state index in [0.717, 1.165) is 11.3 Å². The van der Waals surface area contributed by atoms with Crippen molar-refractivity contribution in [2.24, 2.45) is 0 Å². The van der Waals surface area contributed by atoms with E-state index in [-0.39, 0.29) is 24.7 Å². The Labute approximate surface area is 161 Å². The first kappa shape index (κ1) is 18.0. The van der Waals surface area contributed by atoms with Crippen LogP contribution in [0.25, 0.3) is 10.9 Å². The normalized spacial score (nSPS) is 12.3. The molecule has 0 aliphatic carbocycles. The molecule has 1 N–H and O–H groups in total. The van der Waals surface area contributed by atoms with Crippen LogP contribution in [0.1, 0.15) is 24.7 Å². The number of hydrogen-bond donors (Lipinski definition) is 1. The predicted molar refractivity (Wildman–Crippen MR) is 104 cm³/mol. The predicted octanol–water partition coefficient (Wildman–Crippen LogP) is 2.63. The molecule has 1 aromatic heterocycles. The van der Waals surface area contributed by atoms with Gasteiger partial charge in [0.05, 0.1) is 10.9 Å². The van der Waals surface area contributed by atoms with Crippen molar-refractivity contribution in [3.05, 3.63) is 64.2 Å². The van der Waals surface area contributed by atoms with Crippen LogP contribution < -0.4 is 15.0 Å². The van der Waals surface area contributed by atoms with Crippen molar-refractivity contribution in [2.45, 2.75) is 26.3 Å². The molecule has 4 rings (SSSR count). The van der Waals surface area contributed by atoms with Crippen molar-refractivity contribution in [2.75, 3.05) is 13.3 Å². The number of fused-ring (bicyclic) bond motifs is 2. The van der Waals surface area contributed by atoms with Gasteiger partial charge in [0.2, 0.25) is 12.7 Å². The first-order valence-corrected chi connectivity index (χ1v) is 9.28. The van der Waals surface area contributed by atoms with Crippen LogP contribution in [0, 0.1) is 0 Å². The van der Waals surface area contributed by atoms with E-state index >= 15 is 0 Å². The number of hydrogen-bond acceptors (Lipinski definition) is 5. The van der Waals surface area contributed by atoms with Gasteiger partial charge in [-0.3, -0.25) is 9.59 Å². The van der Waals surface area contributed by atoms with E-state index < -0.39 is 0 Å². The van der Waals surface area contributed by atoms with Gasteiger partial charge in [0, 0.05) is 25.9 Å². The minimum atomic E-state index is -0.180. The second-order valence-corrected chi connectivity index (χ2v) is 6.63. The molecule has 0 saturated carbocycles. The summed E-state index contributed by atoms with van der Waals surface area (Å²) in [5, 5.41) is 0.551. The fraction of sp³-hybridized carbons (Fsp3) is 0.286. The number of carbonyl (C=O) groups excluding carboxylic acids is 1. The molecule has 0 atom stereocenters. The maximum atomic E-state index is 12.7. The lowest BCUT2D eigenvalue weighted by atomic mass is 10.1. The quantitative estimate of drug-likeness (QED) is 0.712. The molecule has 1 aliphatic rings. The molecule has 0 bridgehead atoms. The Morgan fingerprint density at radius 1 is 1.18 bits per heavy atom. The number of carbonyl (C=O) groups is 1. The smallest absolute Gasteiger partial charge is 0.258 e. The summed E-state index contributed by atoms with van der Waals surface area (Å²) in [6, 6.07) is 12.9. The third kappa shape index (κ3) is 3.69. The zero-order valence-corrected chi connectivity index (χ0v) is 15.6. The molecule has 2 aromatic carbocycles. The molecule has 7 heteroatoms. The van der Waals surface area contributed by atoms with Gasteiger partial charge in [-0.25, -0.2) is 4.98 Å². The number of H-pyrrole nitrogens is 1. The van der Waals surface area contributed by atoms with Crippen molar-refractivity contribution in [3.63, 3.8) is 0 Å². The molecule has 144 valence electrons. The van der Waals surface area contributed by atoms with E-state index in [1.165, 1.54) is 0 Å². The van der Waals surface area contributed by atoms with Gasteiger partial charge in [0.25, 0.3) is 5.56 Å². The lowest BCUT2D eigenvalue weighted by Crippen LogP contribution is -2.30. The average Bonchev–Trinajstić information content (AvgIpc) is 3.18. The van der Waals surface area contributed by atoms with E-state index in [0.29, 0.717) is 42.0 Å². The maximum Gasteiger partial charge on any atom is 0.258 e. The molecule has 1 aliphatic heterocycles. The third-order valence-corrected chi connectivity index (χ3v) is 4.78. The number of aromatic nitrogens is 2. The fourth-order valence-corrected chi connectivity index (χ4v) is 3.27. The SMILES string of the molecule is CCN(Cc1ccc2c(c1)OCO2)C(=O)CCc1nc2ccccc2c(=O)[nH]1. The van der Waals surface area contributed by atoms with Crippen LogP contribution in [0.4, 0.5) is 0 Å². The van der Waals surface area contributed by atoms with E-state index in [4.69, 9.17) is 9.47 Å². The number of ether oxygens (including phenoxy) is 2. The number of nitrogens with one attached hydrogen (secondary N) is 1. The Bertz CT molecular complexity index is 1080. The molecule has 7 nitrogen and oxygen atoms in total. The number of aromatic amines is 1. The largest absolute Gasteiger partial charge is 0.454 e. The third-order valence-electron chi connectivity index (χ3n) is 4.78. The van der Waals surface area contributed by atoms with Crippen LogP contribution in [0.2, 0.25) is 0 Å². The van der Waals surface area contributed by atoms with E-state index in [1.54, 1.807) is 23.1 Å². The molecule has 1 amide bonds. The van der Waals surface area contributed by atoms with Gasteiger partial charge < -0.3 is 19.4 Å². The molecule has 0 unspecified atom stereocenters.